The fraction of sp³-hybridized carbons (Fsp3) is 0. The predicted octanol–water partition coefficient (Wildman–Crippen LogP) is 1.26. The number of nitrogens with one attached hydrogen (secondary N) is 1. The van der Waals surface area contributed by atoms with Gasteiger partial charge in [-0.3, -0.25) is 4.79 Å². The number of hydrogen-bond donors (Lipinski definition) is 1. The molecule has 0 unspecified atom stereocenters. The zero-order chi connectivity index (χ0) is 8.39. The Kier molecular flexibility index (Phi) is 1.71. The summed E-state index contributed by atoms with van der Waals surface area (Å²) < 4.78 is 4.75. The van der Waals surface area contributed by atoms with Gasteiger partial charge in [-0.15, -0.1) is 5.10 Å². The number of carbonyl (C=O) groups is 1. The normalized spacial score (nSPS) is 10.0. The zero-order valence-electron chi connectivity index (χ0n) is 6.02. The molecular weight excluding hydrogens is 174 g/mol. The van der Waals surface area contributed by atoms with Crippen molar-refractivity contribution in [2.45, 2.75) is 0 Å². The molecule has 60 valence electrons. The zero-order valence-corrected chi connectivity index (χ0v) is 6.84. The van der Waals surface area contributed by atoms with Gasteiger partial charge in [-0.2, -0.15) is 0 Å². The van der Waals surface area contributed by atoms with Gasteiger partial charge in [-0.05, 0) is 23.7 Å². The van der Waals surface area contributed by atoms with E-state index in [9.17, 15) is 4.79 Å². The van der Waals surface area contributed by atoms with Gasteiger partial charge >= 0.3 is 0 Å². The molecule has 0 saturated carbocycles. The third kappa shape index (κ3) is 1.04. The lowest BCUT2D eigenvalue weighted by molar-refractivity contribution is -0.105. The van der Waals surface area contributed by atoms with Crippen molar-refractivity contribution in [1.29, 1.82) is 0 Å². The Bertz CT molecular complexity index is 412. The van der Waals surface area contributed by atoms with Crippen LogP contribution in [0.2, 0.25) is 0 Å². The molecule has 0 spiro atoms. The lowest BCUT2D eigenvalue weighted by Gasteiger charge is -1.96. The van der Waals surface area contributed by atoms with Gasteiger partial charge in [0.15, 0.2) is 0 Å². The number of fused-ring (bicyclic) bond motifs is 1. The van der Waals surface area contributed by atoms with Crippen LogP contribution in [-0.2, 0) is 4.79 Å². The smallest absolute Gasteiger partial charge is 0.211 e. The topological polar surface area (TPSA) is 54.9 Å². The summed E-state index contributed by atoms with van der Waals surface area (Å²) in [7, 11) is 0. The molecule has 0 aliphatic heterocycles. The monoisotopic (exact) mass is 179 g/mol. The summed E-state index contributed by atoms with van der Waals surface area (Å²) >= 11 is 1.31. The van der Waals surface area contributed by atoms with Crippen LogP contribution in [-0.4, -0.2) is 16.0 Å². The number of benzene rings is 1. The molecule has 5 heteroatoms. The molecule has 1 amide bonds. The van der Waals surface area contributed by atoms with Gasteiger partial charge in [0.1, 0.15) is 5.52 Å². The van der Waals surface area contributed by atoms with Crippen LogP contribution >= 0.6 is 11.5 Å². The highest BCUT2D eigenvalue weighted by atomic mass is 32.1. The van der Waals surface area contributed by atoms with Crippen molar-refractivity contribution in [1.82, 2.24) is 9.59 Å². The fourth-order valence-corrected chi connectivity index (χ4v) is 1.57. The van der Waals surface area contributed by atoms with E-state index in [2.05, 4.69) is 14.9 Å². The summed E-state index contributed by atoms with van der Waals surface area (Å²) in [4.78, 5) is 10.2. The first-order chi connectivity index (χ1) is 5.92. The molecule has 2 aromatic rings. The lowest BCUT2D eigenvalue weighted by Crippen LogP contribution is -1.93. The van der Waals surface area contributed by atoms with Crippen molar-refractivity contribution < 1.29 is 4.79 Å². The first-order valence-corrected chi connectivity index (χ1v) is 4.10. The van der Waals surface area contributed by atoms with Crippen LogP contribution in [0.4, 0.5) is 5.69 Å². The summed E-state index contributed by atoms with van der Waals surface area (Å²) in [6.07, 6.45) is 0.633. The maximum Gasteiger partial charge on any atom is 0.211 e. The molecular formula is C7H5N3OS. The average Bonchev–Trinajstić information content (AvgIpc) is 2.53. The molecule has 0 saturated heterocycles. The van der Waals surface area contributed by atoms with E-state index in [0.717, 1.165) is 10.2 Å². The van der Waals surface area contributed by atoms with Crippen LogP contribution < -0.4 is 5.32 Å². The molecule has 0 aliphatic carbocycles. The number of carbonyl (C=O) groups excluding carboxylic acids is 1. The summed E-state index contributed by atoms with van der Waals surface area (Å²) in [5, 5.41) is 6.44. The van der Waals surface area contributed by atoms with Crippen LogP contribution in [0.3, 0.4) is 0 Å². The van der Waals surface area contributed by atoms with Crippen molar-refractivity contribution in [3.63, 3.8) is 0 Å². The van der Waals surface area contributed by atoms with Crippen LogP contribution in [0, 0.1) is 0 Å². The summed E-state index contributed by atoms with van der Waals surface area (Å²) in [6.45, 7) is 0. The lowest BCUT2D eigenvalue weighted by atomic mass is 10.3. The van der Waals surface area contributed by atoms with Crippen molar-refractivity contribution in [3.8, 4) is 0 Å². The number of aromatic nitrogens is 2. The Labute approximate surface area is 72.4 Å². The number of hydrogen-bond acceptors (Lipinski definition) is 4. The average molecular weight is 179 g/mol. The highest BCUT2D eigenvalue weighted by Gasteiger charge is 2.02. The molecule has 12 heavy (non-hydrogen) atoms. The molecule has 1 aromatic heterocycles. The van der Waals surface area contributed by atoms with Gasteiger partial charge in [0.2, 0.25) is 6.41 Å². The van der Waals surface area contributed by atoms with Crippen molar-refractivity contribution in [2.75, 3.05) is 5.32 Å². The maximum absolute atomic E-state index is 10.2. The Morgan fingerprint density at radius 3 is 3.25 bits per heavy atom. The molecule has 4 nitrogen and oxygen atoms in total. The summed E-state index contributed by atoms with van der Waals surface area (Å²) in [5.74, 6) is 0. The Morgan fingerprint density at radius 2 is 2.42 bits per heavy atom. The molecule has 1 heterocycles. The van der Waals surface area contributed by atoms with E-state index in [4.69, 9.17) is 0 Å². The highest BCUT2D eigenvalue weighted by molar-refractivity contribution is 7.13. The van der Waals surface area contributed by atoms with Crippen molar-refractivity contribution >= 4 is 33.8 Å². The molecule has 2 rings (SSSR count). The maximum atomic E-state index is 10.2. The second-order valence-electron chi connectivity index (χ2n) is 2.19. The van der Waals surface area contributed by atoms with Crippen LogP contribution in [0.15, 0.2) is 18.2 Å². The van der Waals surface area contributed by atoms with E-state index in [1.54, 1.807) is 6.07 Å². The fourth-order valence-electron chi connectivity index (χ4n) is 0.984. The van der Waals surface area contributed by atoms with Crippen molar-refractivity contribution in [3.05, 3.63) is 18.2 Å². The Hall–Kier alpha value is -1.49. The van der Waals surface area contributed by atoms with E-state index in [-0.39, 0.29) is 0 Å². The van der Waals surface area contributed by atoms with Crippen LogP contribution in [0.5, 0.6) is 0 Å². The number of rotatable bonds is 2. The van der Waals surface area contributed by atoms with Crippen LogP contribution in [0.1, 0.15) is 0 Å². The van der Waals surface area contributed by atoms with Gasteiger partial charge < -0.3 is 5.32 Å². The minimum Gasteiger partial charge on any atom is -0.327 e. The predicted molar refractivity (Wildman–Crippen MR) is 47.1 cm³/mol. The van der Waals surface area contributed by atoms with Crippen molar-refractivity contribution in [2.24, 2.45) is 0 Å². The van der Waals surface area contributed by atoms with E-state index in [0.29, 0.717) is 12.1 Å². The first kappa shape index (κ1) is 7.17. The van der Waals surface area contributed by atoms with E-state index in [1.165, 1.54) is 11.5 Å². The van der Waals surface area contributed by atoms with Gasteiger partial charge in [-0.25, -0.2) is 0 Å². The molecule has 0 atom stereocenters. The number of anilines is 1. The van der Waals surface area contributed by atoms with Crippen LogP contribution in [0.25, 0.3) is 10.2 Å². The van der Waals surface area contributed by atoms with Gasteiger partial charge in [-0.1, -0.05) is 10.6 Å². The quantitative estimate of drug-likeness (QED) is 0.706. The van der Waals surface area contributed by atoms with Gasteiger partial charge in [0.25, 0.3) is 0 Å². The molecule has 0 radical (unpaired) electrons. The minimum atomic E-state index is 0.633. The second-order valence-corrected chi connectivity index (χ2v) is 2.97. The molecule has 0 bridgehead atoms. The highest BCUT2D eigenvalue weighted by Crippen LogP contribution is 2.22. The Morgan fingerprint density at radius 1 is 1.50 bits per heavy atom. The molecule has 1 N–H and O–H groups in total. The summed E-state index contributed by atoms with van der Waals surface area (Å²) in [6, 6.07) is 5.56. The standard InChI is InChI=1S/C7H5N3OS/c11-4-8-5-2-1-3-6-7(5)9-10-12-6/h1-4H,(H,8,11). The SMILES string of the molecule is O=CNc1cccc2snnc12. The Balaban J connectivity index is 2.65. The third-order valence-electron chi connectivity index (χ3n) is 1.49. The largest absolute Gasteiger partial charge is 0.327 e. The summed E-state index contributed by atoms with van der Waals surface area (Å²) in [5.41, 5.74) is 1.45. The first-order valence-electron chi connectivity index (χ1n) is 3.33. The molecule has 1 aromatic carbocycles. The number of amides is 1. The second kappa shape index (κ2) is 2.86. The van der Waals surface area contributed by atoms with Gasteiger partial charge in [0.05, 0.1) is 10.4 Å². The third-order valence-corrected chi connectivity index (χ3v) is 2.18. The van der Waals surface area contributed by atoms with E-state index < -0.39 is 0 Å². The van der Waals surface area contributed by atoms with Gasteiger partial charge in [0, 0.05) is 0 Å². The minimum absolute atomic E-state index is 0.633. The van der Waals surface area contributed by atoms with E-state index in [1.807, 2.05) is 12.1 Å². The number of nitrogens with zero attached hydrogens (tertiary/aromatic N) is 2. The molecule has 0 fully saturated rings. The van der Waals surface area contributed by atoms with E-state index >= 15 is 0 Å². The molecule has 0 aliphatic rings.